The highest BCUT2D eigenvalue weighted by molar-refractivity contribution is 9.10. The largest absolute Gasteiger partial charge is 0.492 e. The Kier molecular flexibility index (Phi) is 7.07. The summed E-state index contributed by atoms with van der Waals surface area (Å²) in [5.41, 5.74) is 0. The highest BCUT2D eigenvalue weighted by atomic mass is 79.9. The van der Waals surface area contributed by atoms with Crippen LogP contribution in [-0.2, 0) is 0 Å². The Hall–Kier alpha value is -0.360. The molecule has 0 saturated carbocycles. The summed E-state index contributed by atoms with van der Waals surface area (Å²) in [5, 5.41) is 3.34. The van der Waals surface area contributed by atoms with Crippen molar-refractivity contribution in [2.75, 3.05) is 33.3 Å². The van der Waals surface area contributed by atoms with Crippen LogP contribution in [0.3, 0.4) is 0 Å². The van der Waals surface area contributed by atoms with Crippen LogP contribution < -0.4 is 10.1 Å². The summed E-state index contributed by atoms with van der Waals surface area (Å²) in [4.78, 5) is 2.29. The van der Waals surface area contributed by atoms with Gasteiger partial charge in [0.05, 0.1) is 0 Å². The summed E-state index contributed by atoms with van der Waals surface area (Å²) in [6.45, 7) is 3.55. The number of benzene rings is 1. The average molecular weight is 354 g/mol. The Bertz CT molecular complexity index is 382. The van der Waals surface area contributed by atoms with Crippen LogP contribution in [0.4, 0.5) is 4.39 Å². The Morgan fingerprint density at radius 1 is 1.47 bits per heavy atom. The summed E-state index contributed by atoms with van der Waals surface area (Å²) < 4.78 is 19.4. The number of halogens is 3. The summed E-state index contributed by atoms with van der Waals surface area (Å²) in [6, 6.07) is 5.19. The first-order chi connectivity index (χ1) is 8.65. The molecular formula is C13H19BrClFN2O. The van der Waals surface area contributed by atoms with E-state index in [0.29, 0.717) is 22.9 Å². The van der Waals surface area contributed by atoms with Gasteiger partial charge in [-0.05, 0) is 32.1 Å². The smallest absolute Gasteiger partial charge is 0.128 e. The quantitative estimate of drug-likeness (QED) is 0.881. The van der Waals surface area contributed by atoms with Gasteiger partial charge < -0.3 is 10.1 Å². The van der Waals surface area contributed by atoms with Crippen molar-refractivity contribution in [2.45, 2.75) is 12.5 Å². The van der Waals surface area contributed by atoms with Crippen LogP contribution in [-0.4, -0.2) is 44.2 Å². The van der Waals surface area contributed by atoms with Gasteiger partial charge in [-0.1, -0.05) is 15.9 Å². The molecule has 1 aliphatic rings. The lowest BCUT2D eigenvalue weighted by atomic mass is 10.2. The molecular weight excluding hydrogens is 335 g/mol. The molecule has 1 heterocycles. The van der Waals surface area contributed by atoms with Crippen molar-refractivity contribution in [3.63, 3.8) is 0 Å². The van der Waals surface area contributed by atoms with Crippen molar-refractivity contribution in [1.29, 1.82) is 0 Å². The highest BCUT2D eigenvalue weighted by Crippen LogP contribution is 2.20. The fourth-order valence-electron chi connectivity index (χ4n) is 2.12. The van der Waals surface area contributed by atoms with Crippen molar-refractivity contribution in [3.05, 3.63) is 28.5 Å². The lowest BCUT2D eigenvalue weighted by Gasteiger charge is -2.23. The van der Waals surface area contributed by atoms with Crippen molar-refractivity contribution >= 4 is 28.3 Å². The number of nitrogens with one attached hydrogen (secondary N) is 1. The van der Waals surface area contributed by atoms with Gasteiger partial charge in [0.1, 0.15) is 18.2 Å². The van der Waals surface area contributed by atoms with Crippen molar-refractivity contribution < 1.29 is 9.13 Å². The Balaban J connectivity index is 0.00000180. The van der Waals surface area contributed by atoms with Gasteiger partial charge in [-0.15, -0.1) is 12.4 Å². The van der Waals surface area contributed by atoms with Crippen molar-refractivity contribution in [3.8, 4) is 5.75 Å². The third-order valence-corrected chi connectivity index (χ3v) is 3.66. The van der Waals surface area contributed by atoms with Gasteiger partial charge in [0, 0.05) is 29.7 Å². The van der Waals surface area contributed by atoms with E-state index in [1.54, 1.807) is 6.07 Å². The summed E-state index contributed by atoms with van der Waals surface area (Å²) in [5.74, 6) is 0.285. The second-order valence-corrected chi connectivity index (χ2v) is 5.50. The van der Waals surface area contributed by atoms with E-state index in [1.165, 1.54) is 18.6 Å². The van der Waals surface area contributed by atoms with Gasteiger partial charge in [0.25, 0.3) is 0 Å². The molecule has 0 radical (unpaired) electrons. The van der Waals surface area contributed by atoms with Gasteiger partial charge >= 0.3 is 0 Å². The first kappa shape index (κ1) is 16.7. The maximum Gasteiger partial charge on any atom is 0.128 e. The standard InChI is InChI=1S/C13H18BrFN2O.ClH/c1-17(12-2-3-16-9-12)4-5-18-13-7-10(14)6-11(15)8-13;/h6-8,12,16H,2-5,9H2,1H3;1H. The van der Waals surface area contributed by atoms with E-state index >= 15 is 0 Å². The third kappa shape index (κ3) is 5.26. The van der Waals surface area contributed by atoms with Crippen LogP contribution in [0.25, 0.3) is 0 Å². The fourth-order valence-corrected chi connectivity index (χ4v) is 2.56. The molecule has 1 aliphatic heterocycles. The Morgan fingerprint density at radius 3 is 2.89 bits per heavy atom. The average Bonchev–Trinajstić information content (AvgIpc) is 2.80. The molecule has 19 heavy (non-hydrogen) atoms. The Morgan fingerprint density at radius 2 is 2.26 bits per heavy atom. The molecule has 108 valence electrons. The van der Waals surface area contributed by atoms with E-state index in [-0.39, 0.29) is 18.2 Å². The maximum absolute atomic E-state index is 13.1. The van der Waals surface area contributed by atoms with Gasteiger partial charge in [0.2, 0.25) is 0 Å². The maximum atomic E-state index is 13.1. The van der Waals surface area contributed by atoms with Crippen molar-refractivity contribution in [1.82, 2.24) is 10.2 Å². The minimum Gasteiger partial charge on any atom is -0.492 e. The van der Waals surface area contributed by atoms with Crippen LogP contribution in [0.1, 0.15) is 6.42 Å². The lowest BCUT2D eigenvalue weighted by Crippen LogP contribution is -2.36. The van der Waals surface area contributed by atoms with E-state index in [9.17, 15) is 4.39 Å². The normalized spacial score (nSPS) is 18.4. The molecule has 3 nitrogen and oxygen atoms in total. The molecule has 1 unspecified atom stereocenters. The molecule has 1 atom stereocenters. The zero-order valence-electron chi connectivity index (χ0n) is 10.9. The molecule has 1 fully saturated rings. The molecule has 0 bridgehead atoms. The second kappa shape index (κ2) is 8.04. The zero-order valence-corrected chi connectivity index (χ0v) is 13.3. The van der Waals surface area contributed by atoms with E-state index in [2.05, 4.69) is 33.2 Å². The summed E-state index contributed by atoms with van der Waals surface area (Å²) >= 11 is 3.25. The molecule has 1 aromatic rings. The number of likely N-dealkylation sites (N-methyl/N-ethyl adjacent to an activating group) is 1. The molecule has 1 N–H and O–H groups in total. The fraction of sp³-hybridized carbons (Fsp3) is 0.538. The van der Waals surface area contributed by atoms with Gasteiger partial charge in [-0.3, -0.25) is 4.90 Å². The molecule has 1 saturated heterocycles. The molecule has 1 aromatic carbocycles. The molecule has 0 aromatic heterocycles. The molecule has 6 heteroatoms. The number of ether oxygens (including phenoxy) is 1. The van der Waals surface area contributed by atoms with Crippen LogP contribution in [0.15, 0.2) is 22.7 Å². The van der Waals surface area contributed by atoms with E-state index < -0.39 is 0 Å². The number of rotatable bonds is 5. The SMILES string of the molecule is CN(CCOc1cc(F)cc(Br)c1)C1CCNC1.Cl. The van der Waals surface area contributed by atoms with Crippen molar-refractivity contribution in [2.24, 2.45) is 0 Å². The van der Waals surface area contributed by atoms with Gasteiger partial charge in [-0.25, -0.2) is 4.39 Å². The number of hydrogen-bond donors (Lipinski definition) is 1. The summed E-state index contributed by atoms with van der Waals surface area (Å²) in [6.07, 6.45) is 1.18. The highest BCUT2D eigenvalue weighted by Gasteiger charge is 2.18. The van der Waals surface area contributed by atoms with Gasteiger partial charge in [-0.2, -0.15) is 0 Å². The first-order valence-electron chi connectivity index (χ1n) is 6.15. The topological polar surface area (TPSA) is 24.5 Å². The van der Waals surface area contributed by atoms with Crippen LogP contribution in [0.2, 0.25) is 0 Å². The zero-order chi connectivity index (χ0) is 13.0. The lowest BCUT2D eigenvalue weighted by molar-refractivity contribution is 0.199. The number of nitrogens with zero attached hydrogens (tertiary/aromatic N) is 1. The molecule has 0 spiro atoms. The summed E-state index contributed by atoms with van der Waals surface area (Å²) in [7, 11) is 2.10. The first-order valence-corrected chi connectivity index (χ1v) is 6.94. The number of hydrogen-bond acceptors (Lipinski definition) is 3. The minimum atomic E-state index is -0.285. The third-order valence-electron chi connectivity index (χ3n) is 3.21. The van der Waals surface area contributed by atoms with Crippen LogP contribution in [0, 0.1) is 5.82 Å². The minimum absolute atomic E-state index is 0. The molecule has 0 aliphatic carbocycles. The van der Waals surface area contributed by atoms with Crippen LogP contribution in [0.5, 0.6) is 5.75 Å². The van der Waals surface area contributed by atoms with E-state index in [0.717, 1.165) is 19.6 Å². The van der Waals surface area contributed by atoms with E-state index in [4.69, 9.17) is 4.74 Å². The van der Waals surface area contributed by atoms with Gasteiger partial charge in [0.15, 0.2) is 0 Å². The molecule has 0 amide bonds. The monoisotopic (exact) mass is 352 g/mol. The Labute approximate surface area is 128 Å². The second-order valence-electron chi connectivity index (χ2n) is 4.58. The predicted octanol–water partition coefficient (Wildman–Crippen LogP) is 2.68. The van der Waals surface area contributed by atoms with Crippen LogP contribution >= 0.6 is 28.3 Å². The van der Waals surface area contributed by atoms with E-state index in [1.807, 2.05) is 0 Å². The molecule has 2 rings (SSSR count). The predicted molar refractivity (Wildman–Crippen MR) is 80.7 cm³/mol.